The van der Waals surface area contributed by atoms with Gasteiger partial charge in [-0.1, -0.05) is 6.07 Å². The Labute approximate surface area is 104 Å². The number of aromatic nitrogens is 2. The summed E-state index contributed by atoms with van der Waals surface area (Å²) in [5.41, 5.74) is 1.55. The molecule has 0 saturated carbocycles. The number of aryl methyl sites for hydroxylation is 1. The number of halogens is 1. The van der Waals surface area contributed by atoms with Crippen molar-refractivity contribution in [2.45, 2.75) is 13.0 Å². The number of methoxy groups -OCH3 is 1. The van der Waals surface area contributed by atoms with Gasteiger partial charge in [-0.25, -0.2) is 9.37 Å². The molecule has 0 spiro atoms. The third kappa shape index (κ3) is 2.31. The molecule has 1 N–H and O–H groups in total. The molecule has 2 aromatic rings. The number of aliphatic hydroxyl groups excluding tert-OH is 1. The molecule has 0 aliphatic heterocycles. The minimum absolute atomic E-state index is 0.120. The van der Waals surface area contributed by atoms with Crippen LogP contribution in [-0.4, -0.2) is 22.2 Å². The monoisotopic (exact) mass is 248 g/mol. The minimum atomic E-state index is -1.09. The van der Waals surface area contributed by atoms with Gasteiger partial charge in [-0.3, -0.25) is 4.98 Å². The molecule has 0 fully saturated rings. The summed E-state index contributed by atoms with van der Waals surface area (Å²) in [7, 11) is 1.33. The van der Waals surface area contributed by atoms with E-state index in [1.165, 1.54) is 25.6 Å². The molecule has 0 aliphatic rings. The lowest BCUT2D eigenvalue weighted by molar-refractivity contribution is 0.212. The maximum absolute atomic E-state index is 13.9. The van der Waals surface area contributed by atoms with Crippen LogP contribution in [0.2, 0.25) is 0 Å². The molecule has 4 nitrogen and oxygen atoms in total. The number of rotatable bonds is 3. The summed E-state index contributed by atoms with van der Waals surface area (Å²) in [6, 6.07) is 3.18. The Morgan fingerprint density at radius 3 is 2.83 bits per heavy atom. The third-order valence-corrected chi connectivity index (χ3v) is 2.59. The van der Waals surface area contributed by atoms with Crippen LogP contribution in [0.4, 0.5) is 4.39 Å². The van der Waals surface area contributed by atoms with E-state index in [0.717, 1.165) is 5.56 Å². The fourth-order valence-electron chi connectivity index (χ4n) is 1.70. The fourth-order valence-corrected chi connectivity index (χ4v) is 1.70. The summed E-state index contributed by atoms with van der Waals surface area (Å²) in [5.74, 6) is -0.791. The van der Waals surface area contributed by atoms with E-state index in [2.05, 4.69) is 9.97 Å². The molecule has 18 heavy (non-hydrogen) atoms. The maximum Gasteiger partial charge on any atom is 0.250 e. The molecule has 0 aromatic carbocycles. The van der Waals surface area contributed by atoms with Crippen molar-refractivity contribution in [3.8, 4) is 5.88 Å². The van der Waals surface area contributed by atoms with Crippen LogP contribution in [0.15, 0.2) is 30.7 Å². The second-order valence-electron chi connectivity index (χ2n) is 3.92. The molecule has 1 atom stereocenters. The van der Waals surface area contributed by atoms with E-state index in [-0.39, 0.29) is 11.4 Å². The smallest absolute Gasteiger partial charge is 0.250 e. The van der Waals surface area contributed by atoms with E-state index >= 15 is 0 Å². The molecule has 0 amide bonds. The zero-order chi connectivity index (χ0) is 13.1. The Morgan fingerprint density at radius 2 is 2.17 bits per heavy atom. The molecule has 1 unspecified atom stereocenters. The van der Waals surface area contributed by atoms with Crippen molar-refractivity contribution < 1.29 is 14.2 Å². The quantitative estimate of drug-likeness (QED) is 0.902. The molecule has 5 heteroatoms. The third-order valence-electron chi connectivity index (χ3n) is 2.59. The highest BCUT2D eigenvalue weighted by Gasteiger charge is 2.19. The first-order valence-corrected chi connectivity index (χ1v) is 5.41. The van der Waals surface area contributed by atoms with Crippen molar-refractivity contribution >= 4 is 0 Å². The van der Waals surface area contributed by atoms with E-state index in [1.54, 1.807) is 12.3 Å². The molecule has 2 aromatic heterocycles. The first-order chi connectivity index (χ1) is 8.63. The van der Waals surface area contributed by atoms with E-state index in [4.69, 9.17) is 4.74 Å². The van der Waals surface area contributed by atoms with Crippen LogP contribution in [0.3, 0.4) is 0 Å². The Kier molecular flexibility index (Phi) is 3.53. The number of hydrogen-bond acceptors (Lipinski definition) is 4. The van der Waals surface area contributed by atoms with Gasteiger partial charge < -0.3 is 9.84 Å². The first kappa shape index (κ1) is 12.4. The van der Waals surface area contributed by atoms with Crippen molar-refractivity contribution in [1.29, 1.82) is 0 Å². The van der Waals surface area contributed by atoms with Gasteiger partial charge in [0.2, 0.25) is 5.88 Å². The molecule has 2 heterocycles. The van der Waals surface area contributed by atoms with Gasteiger partial charge in [-0.15, -0.1) is 0 Å². The molecule has 94 valence electrons. The largest absolute Gasteiger partial charge is 0.479 e. The number of pyridine rings is 2. The normalized spacial score (nSPS) is 12.2. The van der Waals surface area contributed by atoms with Crippen molar-refractivity contribution in [3.63, 3.8) is 0 Å². The van der Waals surface area contributed by atoms with Crippen molar-refractivity contribution in [1.82, 2.24) is 9.97 Å². The van der Waals surface area contributed by atoms with E-state index in [0.29, 0.717) is 5.56 Å². The zero-order valence-corrected chi connectivity index (χ0v) is 10.1. The second kappa shape index (κ2) is 5.10. The van der Waals surface area contributed by atoms with Gasteiger partial charge in [0.1, 0.15) is 6.10 Å². The van der Waals surface area contributed by atoms with Crippen molar-refractivity contribution in [2.75, 3.05) is 7.11 Å². The van der Waals surface area contributed by atoms with Gasteiger partial charge in [0, 0.05) is 29.7 Å². The molecule has 2 rings (SSSR count). The molecular weight excluding hydrogens is 235 g/mol. The summed E-state index contributed by atoms with van der Waals surface area (Å²) >= 11 is 0. The summed E-state index contributed by atoms with van der Waals surface area (Å²) in [6.45, 7) is 1.85. The zero-order valence-electron chi connectivity index (χ0n) is 10.1. The highest BCUT2D eigenvalue weighted by molar-refractivity contribution is 5.33. The molecular formula is C13H13FN2O2. The highest BCUT2D eigenvalue weighted by Crippen LogP contribution is 2.27. The number of aliphatic hydroxyl groups is 1. The summed E-state index contributed by atoms with van der Waals surface area (Å²) in [6.07, 6.45) is 3.47. The van der Waals surface area contributed by atoms with Crippen LogP contribution in [0.25, 0.3) is 0 Å². The highest BCUT2D eigenvalue weighted by atomic mass is 19.1. The second-order valence-corrected chi connectivity index (χ2v) is 3.92. The van der Waals surface area contributed by atoms with Gasteiger partial charge in [-0.2, -0.15) is 0 Å². The minimum Gasteiger partial charge on any atom is -0.479 e. The summed E-state index contributed by atoms with van der Waals surface area (Å²) in [4.78, 5) is 7.70. The molecule has 0 bridgehead atoms. The fraction of sp³-hybridized carbons (Fsp3) is 0.231. The summed E-state index contributed by atoms with van der Waals surface area (Å²) < 4.78 is 18.7. The maximum atomic E-state index is 13.9. The molecule has 0 radical (unpaired) electrons. The molecule has 0 aliphatic carbocycles. The number of hydrogen-bond donors (Lipinski definition) is 1. The van der Waals surface area contributed by atoms with Gasteiger partial charge in [-0.05, 0) is 18.6 Å². The van der Waals surface area contributed by atoms with Crippen LogP contribution in [0.5, 0.6) is 5.88 Å². The lowest BCUT2D eigenvalue weighted by atomic mass is 10.0. The van der Waals surface area contributed by atoms with Crippen LogP contribution in [0, 0.1) is 12.7 Å². The van der Waals surface area contributed by atoms with Gasteiger partial charge in [0.25, 0.3) is 0 Å². The van der Waals surface area contributed by atoms with Gasteiger partial charge in [0.05, 0.1) is 7.11 Å². The lowest BCUT2D eigenvalue weighted by Gasteiger charge is -2.13. The summed E-state index contributed by atoms with van der Waals surface area (Å²) in [5, 5.41) is 10.2. The average molecular weight is 248 g/mol. The van der Waals surface area contributed by atoms with E-state index in [9.17, 15) is 9.50 Å². The van der Waals surface area contributed by atoms with Crippen LogP contribution in [-0.2, 0) is 0 Å². The van der Waals surface area contributed by atoms with Gasteiger partial charge >= 0.3 is 0 Å². The van der Waals surface area contributed by atoms with Gasteiger partial charge in [0.15, 0.2) is 5.82 Å². The topological polar surface area (TPSA) is 55.2 Å². The predicted octanol–water partition coefficient (Wildman–Crippen LogP) is 2.01. The van der Waals surface area contributed by atoms with Crippen molar-refractivity contribution in [3.05, 3.63) is 53.2 Å². The van der Waals surface area contributed by atoms with E-state index < -0.39 is 11.9 Å². The number of ether oxygens (including phenoxy) is 1. The Hall–Kier alpha value is -2.01. The Bertz CT molecular complexity index is 560. The standard InChI is InChI=1S/C13H13FN2O2/c1-8-5-9(7-15-6-8)12(17)10-3-4-16-13(18-2)11(10)14/h3-7,12,17H,1-2H3. The van der Waals surface area contributed by atoms with E-state index in [1.807, 2.05) is 6.92 Å². The Balaban J connectivity index is 2.43. The van der Waals surface area contributed by atoms with Crippen LogP contribution in [0.1, 0.15) is 22.8 Å². The van der Waals surface area contributed by atoms with Crippen molar-refractivity contribution in [2.24, 2.45) is 0 Å². The lowest BCUT2D eigenvalue weighted by Crippen LogP contribution is -2.05. The number of nitrogens with zero attached hydrogens (tertiary/aromatic N) is 2. The average Bonchev–Trinajstić information content (AvgIpc) is 2.38. The molecule has 0 saturated heterocycles. The Morgan fingerprint density at radius 1 is 1.39 bits per heavy atom. The SMILES string of the molecule is COc1nccc(C(O)c2cncc(C)c2)c1F. The first-order valence-electron chi connectivity index (χ1n) is 5.41. The van der Waals surface area contributed by atoms with Crippen LogP contribution < -0.4 is 4.74 Å². The predicted molar refractivity (Wildman–Crippen MR) is 63.8 cm³/mol. The van der Waals surface area contributed by atoms with Crippen LogP contribution >= 0.6 is 0 Å².